The van der Waals surface area contributed by atoms with Crippen LogP contribution in [0.15, 0.2) is 18.2 Å². The van der Waals surface area contributed by atoms with E-state index in [-0.39, 0.29) is 28.8 Å². The normalized spacial score (nSPS) is 10.2. The number of rotatable bonds is 6. The van der Waals surface area contributed by atoms with E-state index in [4.69, 9.17) is 0 Å². The molecule has 0 saturated carbocycles. The van der Waals surface area contributed by atoms with Crippen molar-refractivity contribution in [2.45, 2.75) is 6.92 Å². The molecule has 3 nitrogen and oxygen atoms in total. The molecule has 0 aliphatic heterocycles. The Morgan fingerprint density at radius 3 is 2.56 bits per heavy atom. The Kier molecular flexibility index (Phi) is 5.77. The van der Waals surface area contributed by atoms with Crippen molar-refractivity contribution in [2.24, 2.45) is 0 Å². The van der Waals surface area contributed by atoms with Crippen LogP contribution in [0.25, 0.3) is 0 Å². The maximum atomic E-state index is 12.9. The van der Waals surface area contributed by atoms with Gasteiger partial charge in [-0.05, 0) is 25.1 Å². The zero-order chi connectivity index (χ0) is 13.5. The molecular formula is C12H13F2NO2S. The third kappa shape index (κ3) is 4.44. The molecule has 1 amide bonds. The van der Waals surface area contributed by atoms with E-state index in [2.05, 4.69) is 5.32 Å². The van der Waals surface area contributed by atoms with Gasteiger partial charge >= 0.3 is 0 Å². The fraction of sp³-hybridized carbons (Fsp3) is 0.333. The van der Waals surface area contributed by atoms with Gasteiger partial charge in [-0.3, -0.25) is 9.59 Å². The molecule has 0 unspecified atom stereocenters. The summed E-state index contributed by atoms with van der Waals surface area (Å²) in [7, 11) is 0. The zero-order valence-corrected chi connectivity index (χ0v) is 10.7. The second kappa shape index (κ2) is 7.10. The maximum Gasteiger partial charge on any atom is 0.229 e. The summed E-state index contributed by atoms with van der Waals surface area (Å²) in [5, 5.41) is 2.59. The quantitative estimate of drug-likeness (QED) is 0.807. The van der Waals surface area contributed by atoms with E-state index in [1.807, 2.05) is 0 Å². The number of thioether (sulfide) groups is 1. The Balaban J connectivity index is 2.45. The van der Waals surface area contributed by atoms with E-state index in [0.717, 1.165) is 23.9 Å². The van der Waals surface area contributed by atoms with Crippen molar-refractivity contribution in [1.29, 1.82) is 0 Å². The lowest BCUT2D eigenvalue weighted by molar-refractivity contribution is -0.118. The van der Waals surface area contributed by atoms with Crippen LogP contribution in [0.3, 0.4) is 0 Å². The van der Waals surface area contributed by atoms with Crippen LogP contribution < -0.4 is 5.32 Å². The van der Waals surface area contributed by atoms with Crippen molar-refractivity contribution in [3.05, 3.63) is 35.4 Å². The monoisotopic (exact) mass is 273 g/mol. The van der Waals surface area contributed by atoms with Gasteiger partial charge in [0.15, 0.2) is 17.4 Å². The molecule has 0 aliphatic rings. The largest absolute Gasteiger partial charge is 0.356 e. The van der Waals surface area contributed by atoms with Gasteiger partial charge in [-0.15, -0.1) is 11.8 Å². The molecule has 1 rings (SSSR count). The maximum absolute atomic E-state index is 12.9. The molecule has 0 spiro atoms. The average Bonchev–Trinajstić information content (AvgIpc) is 2.33. The number of benzene rings is 1. The standard InChI is InChI=1S/C12H13F2NO2S/c1-2-15-12(17)7-18-6-11(16)8-3-4-9(13)10(14)5-8/h3-5H,2,6-7H2,1H3,(H,15,17). The molecule has 1 aromatic carbocycles. The van der Waals surface area contributed by atoms with Crippen LogP contribution >= 0.6 is 11.8 Å². The van der Waals surface area contributed by atoms with E-state index in [1.54, 1.807) is 6.92 Å². The summed E-state index contributed by atoms with van der Waals surface area (Å²) in [5.41, 5.74) is 0.109. The summed E-state index contributed by atoms with van der Waals surface area (Å²) in [6.45, 7) is 2.34. The van der Waals surface area contributed by atoms with Crippen molar-refractivity contribution < 1.29 is 18.4 Å². The van der Waals surface area contributed by atoms with Crippen LogP contribution in [0.2, 0.25) is 0 Å². The van der Waals surface area contributed by atoms with Crippen molar-refractivity contribution >= 4 is 23.5 Å². The van der Waals surface area contributed by atoms with E-state index < -0.39 is 11.6 Å². The second-order valence-corrected chi connectivity index (χ2v) is 4.48. The highest BCUT2D eigenvalue weighted by Gasteiger charge is 2.10. The Morgan fingerprint density at radius 1 is 1.22 bits per heavy atom. The SMILES string of the molecule is CCNC(=O)CSCC(=O)c1ccc(F)c(F)c1. The Labute approximate surface area is 108 Å². The van der Waals surface area contributed by atoms with Gasteiger partial charge in [-0.2, -0.15) is 0 Å². The number of carbonyl (C=O) groups excluding carboxylic acids is 2. The molecule has 0 heterocycles. The van der Waals surface area contributed by atoms with Crippen LogP contribution in [0.4, 0.5) is 8.78 Å². The lowest BCUT2D eigenvalue weighted by atomic mass is 10.1. The molecule has 0 radical (unpaired) electrons. The van der Waals surface area contributed by atoms with Gasteiger partial charge in [0.1, 0.15) is 0 Å². The Morgan fingerprint density at radius 2 is 1.94 bits per heavy atom. The topological polar surface area (TPSA) is 46.2 Å². The number of ketones is 1. The molecule has 0 bridgehead atoms. The number of nitrogens with one attached hydrogen (secondary N) is 1. The van der Waals surface area contributed by atoms with E-state index >= 15 is 0 Å². The highest BCUT2D eigenvalue weighted by atomic mass is 32.2. The summed E-state index contributed by atoms with van der Waals surface area (Å²) in [6.07, 6.45) is 0. The fourth-order valence-corrected chi connectivity index (χ4v) is 1.98. The molecule has 6 heteroatoms. The molecule has 0 saturated heterocycles. The van der Waals surface area contributed by atoms with Crippen molar-refractivity contribution in [2.75, 3.05) is 18.1 Å². The number of hydrogen-bond acceptors (Lipinski definition) is 3. The first kappa shape index (κ1) is 14.6. The number of Topliss-reactive ketones (excluding diaryl/α,β-unsaturated/α-hetero) is 1. The van der Waals surface area contributed by atoms with Crippen molar-refractivity contribution in [1.82, 2.24) is 5.32 Å². The van der Waals surface area contributed by atoms with Gasteiger partial charge < -0.3 is 5.32 Å². The lowest BCUT2D eigenvalue weighted by Gasteiger charge is -2.03. The molecule has 1 aromatic rings. The number of halogens is 2. The third-order valence-corrected chi connectivity index (χ3v) is 3.01. The van der Waals surface area contributed by atoms with Gasteiger partial charge in [0.2, 0.25) is 5.91 Å². The van der Waals surface area contributed by atoms with E-state index in [0.29, 0.717) is 6.54 Å². The fourth-order valence-electron chi connectivity index (χ4n) is 1.24. The number of carbonyl (C=O) groups is 2. The van der Waals surface area contributed by atoms with E-state index in [1.165, 1.54) is 6.07 Å². The predicted octanol–water partition coefficient (Wildman–Crippen LogP) is 2.02. The van der Waals surface area contributed by atoms with Crippen LogP contribution in [0.5, 0.6) is 0 Å². The van der Waals surface area contributed by atoms with Gasteiger partial charge in [0.25, 0.3) is 0 Å². The minimum absolute atomic E-state index is 0.0577. The Hall–Kier alpha value is -1.43. The van der Waals surface area contributed by atoms with Gasteiger partial charge in [-0.25, -0.2) is 8.78 Å². The first-order chi connectivity index (χ1) is 8.54. The van der Waals surface area contributed by atoms with Gasteiger partial charge in [0.05, 0.1) is 11.5 Å². The predicted molar refractivity (Wildman–Crippen MR) is 66.7 cm³/mol. The second-order valence-electron chi connectivity index (χ2n) is 3.50. The summed E-state index contributed by atoms with van der Waals surface area (Å²) >= 11 is 1.14. The summed E-state index contributed by atoms with van der Waals surface area (Å²) in [6, 6.07) is 3.01. The number of hydrogen-bond donors (Lipinski definition) is 1. The van der Waals surface area contributed by atoms with Crippen LogP contribution in [-0.4, -0.2) is 29.7 Å². The highest BCUT2D eigenvalue weighted by molar-refractivity contribution is 8.00. The molecule has 1 N–H and O–H groups in total. The van der Waals surface area contributed by atoms with Crippen molar-refractivity contribution in [3.63, 3.8) is 0 Å². The lowest BCUT2D eigenvalue weighted by Crippen LogP contribution is -2.25. The minimum Gasteiger partial charge on any atom is -0.356 e. The van der Waals surface area contributed by atoms with Crippen LogP contribution in [-0.2, 0) is 4.79 Å². The van der Waals surface area contributed by atoms with Gasteiger partial charge in [0, 0.05) is 12.1 Å². The summed E-state index contributed by atoms with van der Waals surface area (Å²) in [4.78, 5) is 22.7. The molecule has 0 aromatic heterocycles. The Bertz CT molecular complexity index is 452. The first-order valence-electron chi connectivity index (χ1n) is 5.37. The molecule has 18 heavy (non-hydrogen) atoms. The van der Waals surface area contributed by atoms with E-state index in [9.17, 15) is 18.4 Å². The van der Waals surface area contributed by atoms with Gasteiger partial charge in [-0.1, -0.05) is 0 Å². The molecule has 98 valence electrons. The van der Waals surface area contributed by atoms with Crippen molar-refractivity contribution in [3.8, 4) is 0 Å². The number of amides is 1. The highest BCUT2D eigenvalue weighted by Crippen LogP contribution is 2.11. The first-order valence-corrected chi connectivity index (χ1v) is 6.52. The summed E-state index contributed by atoms with van der Waals surface area (Å²) < 4.78 is 25.6. The smallest absolute Gasteiger partial charge is 0.229 e. The van der Waals surface area contributed by atoms with Crippen LogP contribution in [0.1, 0.15) is 17.3 Å². The zero-order valence-electron chi connectivity index (χ0n) is 9.83. The molecular weight excluding hydrogens is 260 g/mol. The average molecular weight is 273 g/mol. The molecule has 0 atom stereocenters. The summed E-state index contributed by atoms with van der Waals surface area (Å²) in [5.74, 6) is -2.29. The third-order valence-electron chi connectivity index (χ3n) is 2.08. The minimum atomic E-state index is -1.05. The molecule has 0 fully saturated rings. The van der Waals surface area contributed by atoms with Crippen LogP contribution in [0, 0.1) is 11.6 Å². The molecule has 0 aliphatic carbocycles.